The van der Waals surface area contributed by atoms with Crippen LogP contribution < -0.4 is 5.32 Å². The lowest BCUT2D eigenvalue weighted by Crippen LogP contribution is -2.16. The Morgan fingerprint density at radius 3 is 2.84 bits per heavy atom. The summed E-state index contributed by atoms with van der Waals surface area (Å²) in [7, 11) is 0. The van der Waals surface area contributed by atoms with Crippen molar-refractivity contribution in [3.05, 3.63) is 29.8 Å². The number of fused-ring (bicyclic) bond motifs is 1. The lowest BCUT2D eigenvalue weighted by molar-refractivity contribution is -0.118. The number of rotatable bonds is 5. The molecular formula is C16H20BrNO. The molecule has 3 heteroatoms. The summed E-state index contributed by atoms with van der Waals surface area (Å²) in [6, 6.07) is 8.27. The second-order valence-corrected chi connectivity index (χ2v) is 6.56. The fourth-order valence-electron chi connectivity index (χ4n) is 3.51. The maximum Gasteiger partial charge on any atom is 0.228 e. The third-order valence-electron chi connectivity index (χ3n) is 4.50. The van der Waals surface area contributed by atoms with Crippen LogP contribution in [0.2, 0.25) is 0 Å². The molecule has 1 N–H and O–H groups in total. The van der Waals surface area contributed by atoms with Gasteiger partial charge in [-0.2, -0.15) is 0 Å². The lowest BCUT2D eigenvalue weighted by atomic mass is 10.1. The molecule has 0 saturated heterocycles. The Kier molecular flexibility index (Phi) is 3.92. The summed E-state index contributed by atoms with van der Waals surface area (Å²) in [6.07, 6.45) is 6.02. The minimum atomic E-state index is 0.243. The molecule has 2 aliphatic rings. The summed E-state index contributed by atoms with van der Waals surface area (Å²) < 4.78 is 0. The van der Waals surface area contributed by atoms with E-state index in [4.69, 9.17) is 0 Å². The van der Waals surface area contributed by atoms with Crippen LogP contribution in [0.5, 0.6) is 0 Å². The molecule has 0 spiro atoms. The first-order valence-corrected chi connectivity index (χ1v) is 8.37. The number of nitrogens with one attached hydrogen (secondary N) is 1. The van der Waals surface area contributed by atoms with Crippen LogP contribution in [0.4, 0.5) is 5.69 Å². The largest absolute Gasteiger partial charge is 0.326 e. The molecule has 3 rings (SSSR count). The minimum absolute atomic E-state index is 0.243. The van der Waals surface area contributed by atoms with Crippen molar-refractivity contribution in [2.45, 2.75) is 32.1 Å². The third-order valence-corrected chi connectivity index (χ3v) is 5.06. The van der Waals surface area contributed by atoms with Crippen molar-refractivity contribution in [3.8, 4) is 0 Å². The van der Waals surface area contributed by atoms with Crippen molar-refractivity contribution < 1.29 is 4.79 Å². The summed E-state index contributed by atoms with van der Waals surface area (Å²) in [5.41, 5.74) is 2.26. The molecule has 2 unspecified atom stereocenters. The highest BCUT2D eigenvalue weighted by Gasteiger charge is 2.56. The first kappa shape index (κ1) is 13.2. The maximum atomic E-state index is 12.2. The van der Waals surface area contributed by atoms with E-state index >= 15 is 0 Å². The monoisotopic (exact) mass is 321 g/mol. The molecule has 102 valence electrons. The number of halogens is 1. The summed E-state index contributed by atoms with van der Waals surface area (Å²) in [5, 5.41) is 4.12. The number of carbonyl (C=O) groups excluding carboxylic acids is 1. The molecular weight excluding hydrogens is 302 g/mol. The molecule has 0 bridgehead atoms. The number of alkyl halides is 1. The van der Waals surface area contributed by atoms with Crippen molar-refractivity contribution in [2.75, 3.05) is 10.6 Å². The fourth-order valence-corrected chi connectivity index (χ4v) is 3.79. The summed E-state index contributed by atoms with van der Waals surface area (Å²) in [4.78, 5) is 12.2. The topological polar surface area (TPSA) is 29.1 Å². The van der Waals surface area contributed by atoms with Gasteiger partial charge in [0.2, 0.25) is 5.91 Å². The highest BCUT2D eigenvalue weighted by molar-refractivity contribution is 9.09. The number of benzene rings is 1. The van der Waals surface area contributed by atoms with Crippen LogP contribution in [0.3, 0.4) is 0 Å². The van der Waals surface area contributed by atoms with Crippen molar-refractivity contribution >= 4 is 27.5 Å². The number of amides is 1. The van der Waals surface area contributed by atoms with Crippen LogP contribution in [0.1, 0.15) is 31.2 Å². The molecule has 2 aliphatic carbocycles. The molecule has 0 aliphatic heterocycles. The Labute approximate surface area is 123 Å². The van der Waals surface area contributed by atoms with Crippen LogP contribution in [0.25, 0.3) is 0 Å². The Balaban J connectivity index is 1.58. The van der Waals surface area contributed by atoms with Crippen LogP contribution in [0, 0.1) is 17.8 Å². The van der Waals surface area contributed by atoms with Crippen LogP contribution >= 0.6 is 15.9 Å². The van der Waals surface area contributed by atoms with Gasteiger partial charge in [-0.15, -0.1) is 0 Å². The highest BCUT2D eigenvalue weighted by Crippen LogP contribution is 2.57. The predicted molar refractivity (Wildman–Crippen MR) is 81.5 cm³/mol. The number of hydrogen-bond acceptors (Lipinski definition) is 1. The standard InChI is InChI=1S/C16H20BrNO/c17-9-3-5-11-4-1-6-12(10-11)18-16(19)15-13-7-2-8-14(13)15/h1,4,6,10,13-15H,2-3,5,7-9H2,(H,18,19). The van der Waals surface area contributed by atoms with E-state index in [2.05, 4.69) is 33.4 Å². The Morgan fingerprint density at radius 2 is 2.11 bits per heavy atom. The summed E-state index contributed by atoms with van der Waals surface area (Å²) >= 11 is 3.45. The molecule has 2 atom stereocenters. The van der Waals surface area contributed by atoms with E-state index in [9.17, 15) is 4.79 Å². The van der Waals surface area contributed by atoms with Gasteiger partial charge >= 0.3 is 0 Å². The Hall–Kier alpha value is -0.830. The molecule has 2 saturated carbocycles. The molecule has 0 aromatic heterocycles. The smallest absolute Gasteiger partial charge is 0.228 e. The van der Waals surface area contributed by atoms with Gasteiger partial charge in [0.05, 0.1) is 0 Å². The highest BCUT2D eigenvalue weighted by atomic mass is 79.9. The number of carbonyl (C=O) groups is 1. The minimum Gasteiger partial charge on any atom is -0.326 e. The van der Waals surface area contributed by atoms with Crippen molar-refractivity contribution in [1.82, 2.24) is 0 Å². The average molecular weight is 322 g/mol. The second kappa shape index (κ2) is 5.66. The molecule has 2 nitrogen and oxygen atoms in total. The predicted octanol–water partition coefficient (Wildman–Crippen LogP) is 4.00. The maximum absolute atomic E-state index is 12.2. The average Bonchev–Trinajstić information content (AvgIpc) is 2.91. The first-order chi connectivity index (χ1) is 9.29. The molecule has 1 aromatic rings. The van der Waals surface area contributed by atoms with Crippen molar-refractivity contribution in [2.24, 2.45) is 17.8 Å². The fraction of sp³-hybridized carbons (Fsp3) is 0.562. The molecule has 1 amide bonds. The van der Waals surface area contributed by atoms with Gasteiger partial charge in [-0.1, -0.05) is 34.5 Å². The Morgan fingerprint density at radius 1 is 1.32 bits per heavy atom. The van der Waals surface area contributed by atoms with Gasteiger partial charge < -0.3 is 5.32 Å². The molecule has 1 aromatic carbocycles. The van der Waals surface area contributed by atoms with E-state index in [0.29, 0.717) is 17.8 Å². The van der Waals surface area contributed by atoms with Gasteiger partial charge in [0.1, 0.15) is 0 Å². The van der Waals surface area contributed by atoms with Crippen LogP contribution in [-0.2, 0) is 11.2 Å². The second-order valence-electron chi connectivity index (χ2n) is 5.77. The van der Waals surface area contributed by atoms with Gasteiger partial charge in [-0.3, -0.25) is 4.79 Å². The number of aryl methyl sites for hydroxylation is 1. The quantitative estimate of drug-likeness (QED) is 0.816. The van der Waals surface area contributed by atoms with Gasteiger partial charge in [0.15, 0.2) is 0 Å². The summed E-state index contributed by atoms with van der Waals surface area (Å²) in [5.74, 6) is 1.93. The molecule has 0 radical (unpaired) electrons. The van der Waals surface area contributed by atoms with Crippen LogP contribution in [-0.4, -0.2) is 11.2 Å². The van der Waals surface area contributed by atoms with E-state index in [1.54, 1.807) is 0 Å². The lowest BCUT2D eigenvalue weighted by Gasteiger charge is -2.08. The zero-order chi connectivity index (χ0) is 13.2. The van der Waals surface area contributed by atoms with Crippen molar-refractivity contribution in [3.63, 3.8) is 0 Å². The Bertz CT molecular complexity index is 464. The molecule has 2 fully saturated rings. The van der Waals surface area contributed by atoms with Gasteiger partial charge in [-0.25, -0.2) is 0 Å². The zero-order valence-corrected chi connectivity index (χ0v) is 12.7. The molecule has 19 heavy (non-hydrogen) atoms. The normalized spacial score (nSPS) is 27.9. The van der Waals surface area contributed by atoms with E-state index < -0.39 is 0 Å². The van der Waals surface area contributed by atoms with E-state index in [1.807, 2.05) is 12.1 Å². The van der Waals surface area contributed by atoms with Crippen LogP contribution in [0.15, 0.2) is 24.3 Å². The van der Waals surface area contributed by atoms with E-state index in [-0.39, 0.29) is 5.91 Å². The summed E-state index contributed by atoms with van der Waals surface area (Å²) in [6.45, 7) is 0. The number of hydrogen-bond donors (Lipinski definition) is 1. The SMILES string of the molecule is O=C(Nc1cccc(CCCBr)c1)C1C2CCCC21. The first-order valence-electron chi connectivity index (χ1n) is 7.25. The zero-order valence-electron chi connectivity index (χ0n) is 11.1. The van der Waals surface area contributed by atoms with Crippen molar-refractivity contribution in [1.29, 1.82) is 0 Å². The van der Waals surface area contributed by atoms with E-state index in [1.165, 1.54) is 24.8 Å². The van der Waals surface area contributed by atoms with Gasteiger partial charge in [0.25, 0.3) is 0 Å². The van der Waals surface area contributed by atoms with Gasteiger partial charge in [0, 0.05) is 16.9 Å². The van der Waals surface area contributed by atoms with E-state index in [0.717, 1.165) is 23.9 Å². The molecule has 0 heterocycles. The van der Waals surface area contributed by atoms with Gasteiger partial charge in [-0.05, 0) is 55.2 Å². The number of anilines is 1. The third kappa shape index (κ3) is 2.86.